The van der Waals surface area contributed by atoms with Crippen LogP contribution in [0.3, 0.4) is 0 Å². The maximum absolute atomic E-state index is 13.9. The molecular formula is C18H12F3N5. The second-order valence-corrected chi connectivity index (χ2v) is 5.65. The highest BCUT2D eigenvalue weighted by atomic mass is 19.1. The Morgan fingerprint density at radius 1 is 0.885 bits per heavy atom. The lowest BCUT2D eigenvalue weighted by molar-refractivity contribution is 0.570. The minimum atomic E-state index is -0.515. The van der Waals surface area contributed by atoms with Gasteiger partial charge in [0.1, 0.15) is 29.1 Å². The maximum atomic E-state index is 13.9. The molecule has 0 aliphatic heterocycles. The number of benzene rings is 1. The average molecular weight is 355 g/mol. The summed E-state index contributed by atoms with van der Waals surface area (Å²) in [4.78, 5) is 8.23. The van der Waals surface area contributed by atoms with E-state index in [4.69, 9.17) is 0 Å². The van der Waals surface area contributed by atoms with Crippen molar-refractivity contribution >= 4 is 22.5 Å². The van der Waals surface area contributed by atoms with E-state index in [1.54, 1.807) is 23.1 Å². The lowest BCUT2D eigenvalue weighted by Crippen LogP contribution is -2.04. The number of nitrogens with one attached hydrogen (secondary N) is 1. The fraction of sp³-hybridized carbons (Fsp3) is 0.0556. The van der Waals surface area contributed by atoms with E-state index in [2.05, 4.69) is 20.4 Å². The van der Waals surface area contributed by atoms with Crippen molar-refractivity contribution in [1.29, 1.82) is 0 Å². The zero-order valence-electron chi connectivity index (χ0n) is 13.3. The molecule has 0 bridgehead atoms. The topological polar surface area (TPSA) is 55.6 Å². The van der Waals surface area contributed by atoms with Crippen LogP contribution < -0.4 is 5.32 Å². The van der Waals surface area contributed by atoms with Crippen LogP contribution in [0.5, 0.6) is 0 Å². The molecule has 0 atom stereocenters. The van der Waals surface area contributed by atoms with Gasteiger partial charge in [0, 0.05) is 35.5 Å². The number of nitrogens with zero attached hydrogens (tertiary/aromatic N) is 4. The van der Waals surface area contributed by atoms with Crippen LogP contribution in [0, 0.1) is 17.5 Å². The summed E-state index contributed by atoms with van der Waals surface area (Å²) in [5.41, 5.74) is 0.857. The monoisotopic (exact) mass is 355 g/mol. The number of hydrogen-bond acceptors (Lipinski definition) is 4. The fourth-order valence-electron chi connectivity index (χ4n) is 2.60. The van der Waals surface area contributed by atoms with E-state index in [0.29, 0.717) is 17.2 Å². The molecule has 0 aliphatic carbocycles. The zero-order chi connectivity index (χ0) is 18.1. The number of halogens is 3. The third-order valence-corrected chi connectivity index (χ3v) is 3.83. The van der Waals surface area contributed by atoms with E-state index < -0.39 is 17.5 Å². The predicted octanol–water partition coefficient (Wildman–Crippen LogP) is 4.04. The van der Waals surface area contributed by atoms with Gasteiger partial charge in [-0.05, 0) is 24.3 Å². The van der Waals surface area contributed by atoms with Crippen molar-refractivity contribution in [2.75, 3.05) is 5.32 Å². The molecular weight excluding hydrogens is 343 g/mol. The van der Waals surface area contributed by atoms with Crippen LogP contribution in [0.2, 0.25) is 0 Å². The summed E-state index contributed by atoms with van der Waals surface area (Å²) in [6.45, 7) is 0.0642. The quantitative estimate of drug-likeness (QED) is 0.600. The van der Waals surface area contributed by atoms with Gasteiger partial charge >= 0.3 is 0 Å². The van der Waals surface area contributed by atoms with E-state index in [1.165, 1.54) is 18.3 Å². The molecule has 0 aliphatic rings. The number of aromatic nitrogens is 4. The Labute approximate surface area is 146 Å². The van der Waals surface area contributed by atoms with Crippen LogP contribution in [0.4, 0.5) is 24.8 Å². The molecule has 3 aromatic heterocycles. The first-order valence-corrected chi connectivity index (χ1v) is 7.72. The van der Waals surface area contributed by atoms with Gasteiger partial charge in [0.15, 0.2) is 0 Å². The third kappa shape index (κ3) is 3.21. The second-order valence-electron chi connectivity index (χ2n) is 5.65. The Morgan fingerprint density at radius 2 is 1.69 bits per heavy atom. The van der Waals surface area contributed by atoms with Crippen molar-refractivity contribution in [3.63, 3.8) is 0 Å². The van der Waals surface area contributed by atoms with Gasteiger partial charge in [0.25, 0.3) is 0 Å². The van der Waals surface area contributed by atoms with Crippen molar-refractivity contribution < 1.29 is 13.2 Å². The average Bonchev–Trinajstić information content (AvgIpc) is 3.00. The van der Waals surface area contributed by atoms with E-state index in [-0.39, 0.29) is 12.1 Å². The minimum absolute atomic E-state index is 0.0642. The minimum Gasteiger partial charge on any atom is -0.325 e. The first-order chi connectivity index (χ1) is 12.6. The van der Waals surface area contributed by atoms with Gasteiger partial charge in [0.2, 0.25) is 0 Å². The molecule has 26 heavy (non-hydrogen) atoms. The summed E-state index contributed by atoms with van der Waals surface area (Å²) in [5.74, 6) is -0.711. The van der Waals surface area contributed by atoms with Crippen molar-refractivity contribution in [3.05, 3.63) is 78.0 Å². The van der Waals surface area contributed by atoms with Crippen molar-refractivity contribution in [3.8, 4) is 0 Å². The number of rotatable bonds is 4. The summed E-state index contributed by atoms with van der Waals surface area (Å²) in [6, 6.07) is 7.46. The van der Waals surface area contributed by atoms with E-state index in [1.807, 2.05) is 0 Å². The highest BCUT2D eigenvalue weighted by Gasteiger charge is 2.10. The van der Waals surface area contributed by atoms with Gasteiger partial charge in [-0.1, -0.05) is 0 Å². The summed E-state index contributed by atoms with van der Waals surface area (Å²) >= 11 is 0. The standard InChI is InChI=1S/C18H12F3N5/c19-13-1-2-15(21)11(5-13)10-26-16-7-18(23-8-12(16)9-24-26)25-17-6-14(20)3-4-22-17/h1-9H,10H2,(H,22,23,25). The molecule has 3 heterocycles. The Morgan fingerprint density at radius 3 is 2.54 bits per heavy atom. The van der Waals surface area contributed by atoms with Gasteiger partial charge < -0.3 is 5.32 Å². The molecule has 0 amide bonds. The molecule has 1 N–H and O–H groups in total. The van der Waals surface area contributed by atoms with Gasteiger partial charge in [-0.2, -0.15) is 5.10 Å². The summed E-state index contributed by atoms with van der Waals surface area (Å²) < 4.78 is 42.1. The van der Waals surface area contributed by atoms with E-state index >= 15 is 0 Å². The first kappa shape index (κ1) is 16.1. The highest BCUT2D eigenvalue weighted by Crippen LogP contribution is 2.21. The molecule has 0 unspecified atom stereocenters. The van der Waals surface area contributed by atoms with Gasteiger partial charge in [0.05, 0.1) is 18.3 Å². The van der Waals surface area contributed by atoms with Crippen LogP contribution >= 0.6 is 0 Å². The molecule has 0 fully saturated rings. The molecule has 0 radical (unpaired) electrons. The number of pyridine rings is 2. The van der Waals surface area contributed by atoms with Gasteiger partial charge in [-0.3, -0.25) is 4.68 Å². The fourth-order valence-corrected chi connectivity index (χ4v) is 2.60. The molecule has 8 heteroatoms. The molecule has 1 aromatic carbocycles. The van der Waals surface area contributed by atoms with Crippen molar-refractivity contribution in [2.24, 2.45) is 0 Å². The Balaban J connectivity index is 1.67. The lowest BCUT2D eigenvalue weighted by Gasteiger charge is -2.08. The van der Waals surface area contributed by atoms with Crippen molar-refractivity contribution in [1.82, 2.24) is 19.7 Å². The SMILES string of the molecule is Fc1ccnc(Nc2cc3c(cn2)cnn3Cc2cc(F)ccc2F)c1. The molecule has 0 spiro atoms. The largest absolute Gasteiger partial charge is 0.325 e. The zero-order valence-corrected chi connectivity index (χ0v) is 13.3. The summed E-state index contributed by atoms with van der Waals surface area (Å²) in [6.07, 6.45) is 4.51. The Hall–Kier alpha value is -3.42. The molecule has 0 saturated carbocycles. The Bertz CT molecular complexity index is 1090. The Kier molecular flexibility index (Phi) is 4.00. The smallest absolute Gasteiger partial charge is 0.134 e. The number of fused-ring (bicyclic) bond motifs is 1. The molecule has 5 nitrogen and oxygen atoms in total. The van der Waals surface area contributed by atoms with Crippen LogP contribution in [0.25, 0.3) is 10.9 Å². The third-order valence-electron chi connectivity index (χ3n) is 3.83. The molecule has 4 aromatic rings. The molecule has 4 rings (SSSR count). The first-order valence-electron chi connectivity index (χ1n) is 7.72. The van der Waals surface area contributed by atoms with E-state index in [9.17, 15) is 13.2 Å². The highest BCUT2D eigenvalue weighted by molar-refractivity contribution is 5.80. The van der Waals surface area contributed by atoms with Crippen LogP contribution in [0.1, 0.15) is 5.56 Å². The normalized spacial score (nSPS) is 11.0. The maximum Gasteiger partial charge on any atom is 0.134 e. The van der Waals surface area contributed by atoms with Crippen LogP contribution in [0.15, 0.2) is 55.0 Å². The lowest BCUT2D eigenvalue weighted by atomic mass is 10.2. The number of anilines is 2. The van der Waals surface area contributed by atoms with Crippen LogP contribution in [-0.2, 0) is 6.54 Å². The molecule has 0 saturated heterocycles. The predicted molar refractivity (Wildman–Crippen MR) is 90.5 cm³/mol. The molecule has 130 valence electrons. The second kappa shape index (κ2) is 6.47. The summed E-state index contributed by atoms with van der Waals surface area (Å²) in [7, 11) is 0. The van der Waals surface area contributed by atoms with Crippen molar-refractivity contribution in [2.45, 2.75) is 6.54 Å². The summed E-state index contributed by atoms with van der Waals surface area (Å²) in [5, 5.41) is 7.84. The van der Waals surface area contributed by atoms with E-state index in [0.717, 1.165) is 23.6 Å². The van der Waals surface area contributed by atoms with Gasteiger partial charge in [-0.15, -0.1) is 0 Å². The van der Waals surface area contributed by atoms with Crippen LogP contribution in [-0.4, -0.2) is 19.7 Å². The number of hydrogen-bond donors (Lipinski definition) is 1. The van der Waals surface area contributed by atoms with Gasteiger partial charge in [-0.25, -0.2) is 23.1 Å².